The Morgan fingerprint density at radius 2 is 1.82 bits per heavy atom. The highest BCUT2D eigenvalue weighted by Crippen LogP contribution is 2.67. The molecule has 8 nitrogen and oxygen atoms in total. The Balaban J connectivity index is 1.34. The zero-order valence-corrected chi connectivity index (χ0v) is 29.7. The standard InChI is InChI=1S/C42H46N2O6/c1-27(2)26-44(37(47)17-14-32-13-9-10-28(3)24-32)34-18-20-42(50-30(5)46)36-25-33-15-16-35(48-29(4)45)39-38(33)41(42,40(34)49-39)21-23-43(36)22-19-31-11-7-6-8-12-31/h6-13,15-16,24,27,34,36,40H,18-23,25-26H2,1-5H3/t34-,36+,40-,41-,42+/m0/s1. The van der Waals surface area contributed by atoms with E-state index in [9.17, 15) is 14.4 Å². The summed E-state index contributed by atoms with van der Waals surface area (Å²) in [5, 5.41) is 0. The van der Waals surface area contributed by atoms with Crippen molar-refractivity contribution < 1.29 is 28.6 Å². The van der Waals surface area contributed by atoms with Gasteiger partial charge in [-0.3, -0.25) is 19.3 Å². The van der Waals surface area contributed by atoms with Crippen LogP contribution in [0.3, 0.4) is 0 Å². The molecule has 2 aliphatic heterocycles. The smallest absolute Gasteiger partial charge is 0.308 e. The normalized spacial score (nSPS) is 25.8. The maximum absolute atomic E-state index is 14.2. The van der Waals surface area contributed by atoms with Crippen LogP contribution in [0.15, 0.2) is 66.7 Å². The molecule has 1 saturated carbocycles. The monoisotopic (exact) mass is 674 g/mol. The number of hydrogen-bond donors (Lipinski definition) is 0. The molecule has 1 amide bonds. The van der Waals surface area contributed by atoms with Crippen LogP contribution in [-0.4, -0.2) is 71.1 Å². The van der Waals surface area contributed by atoms with E-state index in [4.69, 9.17) is 14.2 Å². The summed E-state index contributed by atoms with van der Waals surface area (Å²) in [5.74, 6) is 6.11. The van der Waals surface area contributed by atoms with Crippen molar-refractivity contribution in [3.05, 3.63) is 94.5 Å². The summed E-state index contributed by atoms with van der Waals surface area (Å²) < 4.78 is 19.5. The third kappa shape index (κ3) is 5.76. The van der Waals surface area contributed by atoms with Gasteiger partial charge in [0.05, 0.1) is 17.5 Å². The number of carbonyl (C=O) groups excluding carboxylic acids is 3. The van der Waals surface area contributed by atoms with Gasteiger partial charge in [-0.05, 0) is 86.4 Å². The van der Waals surface area contributed by atoms with E-state index >= 15 is 0 Å². The molecule has 2 aliphatic carbocycles. The highest BCUT2D eigenvalue weighted by Gasteiger charge is 2.75. The van der Waals surface area contributed by atoms with Crippen LogP contribution in [0.4, 0.5) is 0 Å². The third-order valence-electron chi connectivity index (χ3n) is 11.2. The summed E-state index contributed by atoms with van der Waals surface area (Å²) in [6, 6.07) is 21.7. The van der Waals surface area contributed by atoms with E-state index in [1.54, 1.807) is 0 Å². The number of carbonyl (C=O) groups is 3. The van der Waals surface area contributed by atoms with Crippen LogP contribution in [0.2, 0.25) is 0 Å². The molecular formula is C42H46N2O6. The van der Waals surface area contributed by atoms with Crippen LogP contribution in [-0.2, 0) is 37.4 Å². The van der Waals surface area contributed by atoms with E-state index in [-0.39, 0.29) is 29.9 Å². The van der Waals surface area contributed by atoms with Gasteiger partial charge in [-0.1, -0.05) is 68.3 Å². The number of hydrogen-bond acceptors (Lipinski definition) is 7. The number of ether oxygens (including phenoxy) is 3. The van der Waals surface area contributed by atoms with Gasteiger partial charge in [0.1, 0.15) is 11.7 Å². The van der Waals surface area contributed by atoms with Crippen molar-refractivity contribution in [2.24, 2.45) is 5.92 Å². The van der Waals surface area contributed by atoms with Gasteiger partial charge < -0.3 is 19.1 Å². The SMILES string of the molecule is CC(=O)Oc1ccc2c3c1O[C@H]1[C@@H](N(CC(C)C)C(=O)C#Cc4cccc(C)c4)CC[C@@]4(OC(C)=O)[C@@H](C2)N(CCc2ccccc2)CC[C@]314. The van der Waals surface area contributed by atoms with Crippen LogP contribution in [0.5, 0.6) is 11.5 Å². The molecule has 2 bridgehead atoms. The summed E-state index contributed by atoms with van der Waals surface area (Å²) in [4.78, 5) is 44.1. The first-order valence-corrected chi connectivity index (χ1v) is 17.9. The molecule has 7 rings (SSSR count). The van der Waals surface area contributed by atoms with Crippen LogP contribution >= 0.6 is 0 Å². The lowest BCUT2D eigenvalue weighted by atomic mass is 9.48. The van der Waals surface area contributed by atoms with E-state index in [0.717, 1.165) is 41.8 Å². The van der Waals surface area contributed by atoms with Crippen molar-refractivity contribution in [2.75, 3.05) is 19.6 Å². The van der Waals surface area contributed by atoms with Gasteiger partial charge >= 0.3 is 11.9 Å². The molecule has 2 fully saturated rings. The van der Waals surface area contributed by atoms with Crippen molar-refractivity contribution in [3.8, 4) is 23.3 Å². The summed E-state index contributed by atoms with van der Waals surface area (Å²) in [6.07, 6.45) is 2.80. The molecule has 50 heavy (non-hydrogen) atoms. The Kier molecular flexibility index (Phi) is 8.98. The average molecular weight is 675 g/mol. The largest absolute Gasteiger partial charge is 0.483 e. The lowest BCUT2D eigenvalue weighted by Crippen LogP contribution is -2.79. The van der Waals surface area contributed by atoms with Crippen LogP contribution in [0.1, 0.15) is 74.8 Å². The maximum Gasteiger partial charge on any atom is 0.308 e. The second kappa shape index (κ2) is 13.3. The third-order valence-corrected chi connectivity index (χ3v) is 11.2. The Labute approximate surface area is 295 Å². The quantitative estimate of drug-likeness (QED) is 0.170. The topological polar surface area (TPSA) is 85.4 Å². The molecule has 2 heterocycles. The Morgan fingerprint density at radius 3 is 2.54 bits per heavy atom. The zero-order chi connectivity index (χ0) is 35.2. The maximum atomic E-state index is 14.2. The van der Waals surface area contributed by atoms with Gasteiger partial charge in [0.25, 0.3) is 5.91 Å². The minimum Gasteiger partial charge on any atom is -0.483 e. The number of benzene rings is 3. The highest BCUT2D eigenvalue weighted by atomic mass is 16.6. The molecule has 3 aromatic rings. The van der Waals surface area contributed by atoms with Crippen LogP contribution in [0.25, 0.3) is 0 Å². The second-order valence-electron chi connectivity index (χ2n) is 14.8. The number of likely N-dealkylation sites (tertiary alicyclic amines) is 1. The van der Waals surface area contributed by atoms with Gasteiger partial charge in [-0.2, -0.15) is 0 Å². The van der Waals surface area contributed by atoms with Crippen LogP contribution < -0.4 is 9.47 Å². The predicted octanol–water partition coefficient (Wildman–Crippen LogP) is 5.79. The lowest BCUT2D eigenvalue weighted by molar-refractivity contribution is -0.224. The van der Waals surface area contributed by atoms with Crippen molar-refractivity contribution in [1.29, 1.82) is 0 Å². The van der Waals surface area contributed by atoms with Crippen molar-refractivity contribution in [3.63, 3.8) is 0 Å². The number of aryl methyl sites for hydroxylation is 1. The molecule has 8 heteroatoms. The fourth-order valence-electron chi connectivity index (χ4n) is 9.45. The molecule has 5 atom stereocenters. The van der Waals surface area contributed by atoms with Crippen molar-refractivity contribution >= 4 is 17.8 Å². The summed E-state index contributed by atoms with van der Waals surface area (Å²) >= 11 is 0. The Hall–Kier alpha value is -4.61. The first kappa shape index (κ1) is 33.9. The molecule has 0 radical (unpaired) electrons. The number of esters is 2. The van der Waals surface area contributed by atoms with E-state index in [0.29, 0.717) is 43.7 Å². The van der Waals surface area contributed by atoms with Crippen molar-refractivity contribution in [1.82, 2.24) is 9.80 Å². The van der Waals surface area contributed by atoms with Crippen LogP contribution in [0, 0.1) is 24.7 Å². The number of piperidine rings is 1. The molecule has 0 unspecified atom stereocenters. The van der Waals surface area contributed by atoms with E-state index < -0.39 is 23.1 Å². The molecule has 1 spiro atoms. The zero-order valence-electron chi connectivity index (χ0n) is 29.7. The summed E-state index contributed by atoms with van der Waals surface area (Å²) in [6.45, 7) is 11.2. The minimum atomic E-state index is -0.901. The molecule has 3 aromatic carbocycles. The number of nitrogens with zero attached hydrogens (tertiary/aromatic N) is 2. The summed E-state index contributed by atoms with van der Waals surface area (Å²) in [7, 11) is 0. The molecule has 0 aromatic heterocycles. The predicted molar refractivity (Wildman–Crippen MR) is 190 cm³/mol. The van der Waals surface area contributed by atoms with Gasteiger partial charge in [-0.15, -0.1) is 0 Å². The first-order valence-electron chi connectivity index (χ1n) is 17.9. The number of rotatable bonds is 8. The second-order valence-corrected chi connectivity index (χ2v) is 14.8. The Morgan fingerprint density at radius 1 is 1.02 bits per heavy atom. The molecule has 0 N–H and O–H groups in total. The van der Waals surface area contributed by atoms with Gasteiger partial charge in [-0.25, -0.2) is 0 Å². The number of amides is 1. The molecule has 1 saturated heterocycles. The van der Waals surface area contributed by atoms with Gasteiger partial charge in [0.2, 0.25) is 0 Å². The van der Waals surface area contributed by atoms with E-state index in [2.05, 4.69) is 54.9 Å². The van der Waals surface area contributed by atoms with Gasteiger partial charge in [0, 0.05) is 44.0 Å². The Bertz CT molecular complexity index is 1880. The van der Waals surface area contributed by atoms with Gasteiger partial charge in [0.15, 0.2) is 11.5 Å². The molecular weight excluding hydrogens is 628 g/mol. The van der Waals surface area contributed by atoms with Crippen molar-refractivity contribution in [2.45, 2.75) is 95.9 Å². The van der Waals surface area contributed by atoms with E-state index in [1.165, 1.54) is 19.4 Å². The fourth-order valence-corrected chi connectivity index (χ4v) is 9.45. The van der Waals surface area contributed by atoms with E-state index in [1.807, 2.05) is 54.3 Å². The first-order chi connectivity index (χ1) is 24.0. The molecule has 260 valence electrons. The highest BCUT2D eigenvalue weighted by molar-refractivity contribution is 5.94. The minimum absolute atomic E-state index is 0.0932. The lowest BCUT2D eigenvalue weighted by Gasteiger charge is -2.65. The summed E-state index contributed by atoms with van der Waals surface area (Å²) in [5.41, 5.74) is 3.55. The average Bonchev–Trinajstić information content (AvgIpc) is 3.42. The fraction of sp³-hybridized carbons (Fsp3) is 0.452. The molecule has 4 aliphatic rings.